The van der Waals surface area contributed by atoms with Crippen molar-refractivity contribution < 1.29 is 19.4 Å². The number of nitro benzene ring substituents is 2. The lowest BCUT2D eigenvalue weighted by molar-refractivity contribution is -0.385. The zero-order valence-electron chi connectivity index (χ0n) is 16.3. The number of hydrogen-bond donors (Lipinski definition) is 2. The first-order chi connectivity index (χ1) is 15.2. The number of aryl methyl sites for hydroxylation is 1. The van der Waals surface area contributed by atoms with Crippen LogP contribution in [0.15, 0.2) is 46.8 Å². The number of non-ortho nitro benzene ring substituents is 1. The minimum Gasteiger partial charge on any atom is -0.325 e. The molecule has 1 aromatic heterocycles. The molecule has 0 radical (unpaired) electrons. The largest absolute Gasteiger partial charge is 0.325 e. The normalized spacial score (nSPS) is 10.4. The average molecular weight is 474 g/mol. The Balaban J connectivity index is 1.56. The summed E-state index contributed by atoms with van der Waals surface area (Å²) >= 11 is 2.10. The number of nitrogens with zero attached hydrogens (tertiary/aromatic N) is 4. The van der Waals surface area contributed by atoms with Crippen LogP contribution in [0.4, 0.5) is 22.2 Å². The maximum Gasteiger partial charge on any atom is 0.273 e. The summed E-state index contributed by atoms with van der Waals surface area (Å²) in [5.41, 5.74) is 0.523. The number of carbonyl (C=O) groups excluding carboxylic acids is 2. The molecule has 2 aromatic carbocycles. The van der Waals surface area contributed by atoms with E-state index in [1.54, 1.807) is 6.92 Å². The number of carbonyl (C=O) groups is 2. The van der Waals surface area contributed by atoms with E-state index in [0.29, 0.717) is 15.6 Å². The standard InChI is InChI=1S/C18H14N6O6S2/c1-10-5-6-11(7-14(10)24(29)30)16(26)20-17-21-22-18(32-17)31-9-15(25)19-12-3-2-4-13(8-12)23(27)28/h2-8H,9H2,1H3,(H,19,25)(H,20,21,26). The molecule has 14 heteroatoms. The first-order valence-corrected chi connectivity index (χ1v) is 10.6. The van der Waals surface area contributed by atoms with Crippen molar-refractivity contribution in [3.8, 4) is 0 Å². The zero-order valence-corrected chi connectivity index (χ0v) is 17.9. The summed E-state index contributed by atoms with van der Waals surface area (Å²) in [6, 6.07) is 9.68. The summed E-state index contributed by atoms with van der Waals surface area (Å²) in [5.74, 6) is -1.01. The lowest BCUT2D eigenvalue weighted by Gasteiger charge is -2.03. The fourth-order valence-corrected chi connectivity index (χ4v) is 4.00. The van der Waals surface area contributed by atoms with Crippen LogP contribution >= 0.6 is 23.1 Å². The minimum absolute atomic E-state index is 0.0323. The molecule has 164 valence electrons. The van der Waals surface area contributed by atoms with Crippen LogP contribution in [-0.2, 0) is 4.79 Å². The topological polar surface area (TPSA) is 170 Å². The van der Waals surface area contributed by atoms with Crippen LogP contribution in [0.5, 0.6) is 0 Å². The maximum absolute atomic E-state index is 12.3. The Labute approximate surface area is 188 Å². The molecule has 3 aromatic rings. The van der Waals surface area contributed by atoms with E-state index < -0.39 is 21.7 Å². The summed E-state index contributed by atoms with van der Waals surface area (Å²) in [6.07, 6.45) is 0. The molecule has 0 bridgehead atoms. The molecular formula is C18H14N6O6S2. The third-order valence-electron chi connectivity index (χ3n) is 3.96. The van der Waals surface area contributed by atoms with Gasteiger partial charge in [-0.05, 0) is 19.1 Å². The Morgan fingerprint density at radius 3 is 2.56 bits per heavy atom. The summed E-state index contributed by atoms with van der Waals surface area (Å²) < 4.78 is 0.407. The van der Waals surface area contributed by atoms with E-state index in [0.717, 1.165) is 23.1 Å². The quantitative estimate of drug-likeness (QED) is 0.214. The monoisotopic (exact) mass is 474 g/mol. The molecule has 0 saturated heterocycles. The van der Waals surface area contributed by atoms with E-state index in [1.807, 2.05) is 0 Å². The SMILES string of the molecule is Cc1ccc(C(=O)Nc2nnc(SCC(=O)Nc3cccc([N+](=O)[O-])c3)s2)cc1[N+](=O)[O-]. The van der Waals surface area contributed by atoms with Gasteiger partial charge in [-0.25, -0.2) is 0 Å². The number of nitrogens with one attached hydrogen (secondary N) is 2. The highest BCUT2D eigenvalue weighted by Crippen LogP contribution is 2.27. The third kappa shape index (κ3) is 5.83. The van der Waals surface area contributed by atoms with Crippen molar-refractivity contribution in [2.45, 2.75) is 11.3 Å². The van der Waals surface area contributed by atoms with Gasteiger partial charge in [-0.15, -0.1) is 10.2 Å². The second-order valence-electron chi connectivity index (χ2n) is 6.23. The number of aromatic nitrogens is 2. The molecule has 0 spiro atoms. The molecule has 0 atom stereocenters. The Kier molecular flexibility index (Phi) is 7.07. The van der Waals surface area contributed by atoms with Gasteiger partial charge in [0.15, 0.2) is 4.34 Å². The van der Waals surface area contributed by atoms with Gasteiger partial charge in [0.1, 0.15) is 0 Å². The molecule has 0 unspecified atom stereocenters. The Morgan fingerprint density at radius 1 is 1.06 bits per heavy atom. The highest BCUT2D eigenvalue weighted by Gasteiger charge is 2.17. The van der Waals surface area contributed by atoms with Crippen LogP contribution in [0.3, 0.4) is 0 Å². The van der Waals surface area contributed by atoms with Crippen molar-refractivity contribution in [1.29, 1.82) is 0 Å². The lowest BCUT2D eigenvalue weighted by Crippen LogP contribution is -2.14. The molecule has 1 heterocycles. The van der Waals surface area contributed by atoms with Gasteiger partial charge in [0, 0.05) is 35.0 Å². The Morgan fingerprint density at radius 2 is 1.84 bits per heavy atom. The minimum atomic E-state index is -0.579. The number of thioether (sulfide) groups is 1. The first-order valence-electron chi connectivity index (χ1n) is 8.80. The predicted molar refractivity (Wildman–Crippen MR) is 118 cm³/mol. The second-order valence-corrected chi connectivity index (χ2v) is 8.43. The van der Waals surface area contributed by atoms with Gasteiger partial charge in [0.2, 0.25) is 11.0 Å². The number of rotatable bonds is 8. The van der Waals surface area contributed by atoms with Crippen LogP contribution in [-0.4, -0.2) is 37.6 Å². The van der Waals surface area contributed by atoms with Gasteiger partial charge in [-0.2, -0.15) is 0 Å². The highest BCUT2D eigenvalue weighted by atomic mass is 32.2. The molecule has 0 aliphatic rings. The molecule has 0 fully saturated rings. The van der Waals surface area contributed by atoms with E-state index in [4.69, 9.17) is 0 Å². The van der Waals surface area contributed by atoms with Gasteiger partial charge in [-0.1, -0.05) is 35.2 Å². The van der Waals surface area contributed by atoms with Crippen molar-refractivity contribution in [2.75, 3.05) is 16.4 Å². The summed E-state index contributed by atoms with van der Waals surface area (Å²) in [5, 5.41) is 34.8. The molecule has 0 aliphatic carbocycles. The van der Waals surface area contributed by atoms with Gasteiger partial charge >= 0.3 is 0 Å². The number of hydrogen-bond acceptors (Lipinski definition) is 10. The van der Waals surface area contributed by atoms with Crippen molar-refractivity contribution in [3.05, 3.63) is 73.8 Å². The molecule has 32 heavy (non-hydrogen) atoms. The van der Waals surface area contributed by atoms with E-state index in [2.05, 4.69) is 20.8 Å². The first kappa shape index (κ1) is 22.8. The summed E-state index contributed by atoms with van der Waals surface area (Å²) in [4.78, 5) is 45.1. The van der Waals surface area contributed by atoms with Gasteiger partial charge in [0.25, 0.3) is 17.3 Å². The maximum atomic E-state index is 12.3. The molecule has 2 N–H and O–H groups in total. The van der Waals surface area contributed by atoms with Gasteiger partial charge in [-0.3, -0.25) is 35.1 Å². The van der Waals surface area contributed by atoms with Crippen molar-refractivity contribution >= 4 is 57.1 Å². The third-order valence-corrected chi connectivity index (χ3v) is 5.93. The van der Waals surface area contributed by atoms with E-state index in [1.165, 1.54) is 42.5 Å². The van der Waals surface area contributed by atoms with E-state index >= 15 is 0 Å². The fourth-order valence-electron chi connectivity index (χ4n) is 2.46. The molecule has 0 saturated carbocycles. The predicted octanol–water partition coefficient (Wildman–Crippen LogP) is 3.65. The number of anilines is 2. The average Bonchev–Trinajstić information content (AvgIpc) is 3.19. The van der Waals surface area contributed by atoms with E-state index in [-0.39, 0.29) is 27.8 Å². The molecule has 2 amide bonds. The van der Waals surface area contributed by atoms with Crippen LogP contribution in [0.25, 0.3) is 0 Å². The number of nitro groups is 2. The van der Waals surface area contributed by atoms with Gasteiger partial charge in [0.05, 0.1) is 15.6 Å². The zero-order chi connectivity index (χ0) is 23.3. The highest BCUT2D eigenvalue weighted by molar-refractivity contribution is 8.01. The molecular weight excluding hydrogens is 460 g/mol. The van der Waals surface area contributed by atoms with Crippen LogP contribution < -0.4 is 10.6 Å². The second kappa shape index (κ2) is 9.93. The molecule has 12 nitrogen and oxygen atoms in total. The fraction of sp³-hybridized carbons (Fsp3) is 0.111. The van der Waals surface area contributed by atoms with Crippen molar-refractivity contribution in [1.82, 2.24) is 10.2 Å². The van der Waals surface area contributed by atoms with Crippen molar-refractivity contribution in [2.24, 2.45) is 0 Å². The smallest absolute Gasteiger partial charge is 0.273 e. The van der Waals surface area contributed by atoms with E-state index in [9.17, 15) is 29.8 Å². The molecule has 3 rings (SSSR count). The van der Waals surface area contributed by atoms with Crippen molar-refractivity contribution in [3.63, 3.8) is 0 Å². The summed E-state index contributed by atoms with van der Waals surface area (Å²) in [7, 11) is 0. The van der Waals surface area contributed by atoms with Crippen LogP contribution in [0.2, 0.25) is 0 Å². The number of amides is 2. The lowest BCUT2D eigenvalue weighted by atomic mass is 10.1. The van der Waals surface area contributed by atoms with Crippen LogP contribution in [0.1, 0.15) is 15.9 Å². The summed E-state index contributed by atoms with van der Waals surface area (Å²) in [6.45, 7) is 1.57. The van der Waals surface area contributed by atoms with Crippen LogP contribution in [0, 0.1) is 27.2 Å². The van der Waals surface area contributed by atoms with Gasteiger partial charge < -0.3 is 5.32 Å². The number of benzene rings is 2. The molecule has 0 aliphatic heterocycles. The Bertz CT molecular complexity index is 1210. The Hall–Kier alpha value is -3.91.